The van der Waals surface area contributed by atoms with Crippen molar-refractivity contribution in [2.75, 3.05) is 18.2 Å². The van der Waals surface area contributed by atoms with Gasteiger partial charge in [-0.3, -0.25) is 10.1 Å². The predicted molar refractivity (Wildman–Crippen MR) is 77.4 cm³/mol. The zero-order valence-electron chi connectivity index (χ0n) is 10.4. The zero-order chi connectivity index (χ0) is 14.7. The maximum absolute atomic E-state index is 12.1. The maximum Gasteiger partial charge on any atom is 0.260 e. The number of amides is 1. The van der Waals surface area contributed by atoms with Crippen LogP contribution in [0.5, 0.6) is 5.88 Å². The molecule has 1 aromatic heterocycles. The van der Waals surface area contributed by atoms with E-state index < -0.39 is 5.91 Å². The number of nitrogens with one attached hydrogen (secondary N) is 1. The van der Waals surface area contributed by atoms with E-state index in [9.17, 15) is 4.79 Å². The molecule has 6 nitrogen and oxygen atoms in total. The summed E-state index contributed by atoms with van der Waals surface area (Å²) in [5.74, 6) is -0.243. The number of benzene rings is 1. The fourth-order valence-electron chi connectivity index (χ4n) is 1.45. The predicted octanol–water partition coefficient (Wildman–Crippen LogP) is 2.63. The molecule has 2 rings (SSSR count). The third-order valence-electron chi connectivity index (χ3n) is 2.37. The van der Waals surface area contributed by atoms with E-state index in [0.717, 1.165) is 0 Å². The largest absolute Gasteiger partial charge is 0.481 e. The molecule has 1 aromatic carbocycles. The average molecular weight is 313 g/mol. The number of halogens is 2. The van der Waals surface area contributed by atoms with Crippen molar-refractivity contribution in [1.82, 2.24) is 9.97 Å². The van der Waals surface area contributed by atoms with Gasteiger partial charge in [-0.25, -0.2) is 4.98 Å². The molecule has 1 amide bonds. The molecule has 1 heterocycles. The van der Waals surface area contributed by atoms with Crippen LogP contribution in [-0.4, -0.2) is 23.0 Å². The highest BCUT2D eigenvalue weighted by Crippen LogP contribution is 2.20. The number of nitrogen functional groups attached to an aromatic ring is 1. The van der Waals surface area contributed by atoms with Gasteiger partial charge in [-0.2, -0.15) is 4.98 Å². The Kier molecular flexibility index (Phi) is 4.26. The van der Waals surface area contributed by atoms with Gasteiger partial charge in [0.2, 0.25) is 11.8 Å². The fourth-order valence-corrected chi connectivity index (χ4v) is 1.80. The Morgan fingerprint density at radius 2 is 2.05 bits per heavy atom. The van der Waals surface area contributed by atoms with Crippen molar-refractivity contribution in [3.8, 4) is 5.88 Å². The lowest BCUT2D eigenvalue weighted by molar-refractivity contribution is 0.102. The number of anilines is 2. The summed E-state index contributed by atoms with van der Waals surface area (Å²) < 4.78 is 4.93. The summed E-state index contributed by atoms with van der Waals surface area (Å²) in [4.78, 5) is 19.9. The Bertz CT molecular complexity index is 664. The van der Waals surface area contributed by atoms with Gasteiger partial charge in [-0.05, 0) is 18.2 Å². The number of hydrogen-bond donors (Lipinski definition) is 2. The second kappa shape index (κ2) is 5.94. The third kappa shape index (κ3) is 3.28. The van der Waals surface area contributed by atoms with Crippen LogP contribution in [0.4, 0.5) is 11.6 Å². The van der Waals surface area contributed by atoms with E-state index in [4.69, 9.17) is 33.7 Å². The first kappa shape index (κ1) is 14.4. The molecule has 0 bridgehead atoms. The van der Waals surface area contributed by atoms with E-state index >= 15 is 0 Å². The van der Waals surface area contributed by atoms with Gasteiger partial charge in [-0.1, -0.05) is 23.2 Å². The van der Waals surface area contributed by atoms with Crippen LogP contribution in [0.1, 0.15) is 10.4 Å². The third-order valence-corrected chi connectivity index (χ3v) is 2.79. The SMILES string of the molecule is COc1cc(Cl)nc(NC(=O)c2cc(Cl)ccc2N)n1. The smallest absolute Gasteiger partial charge is 0.260 e. The number of ether oxygens (including phenoxy) is 1. The highest BCUT2D eigenvalue weighted by atomic mass is 35.5. The van der Waals surface area contributed by atoms with Crippen LogP contribution in [0.2, 0.25) is 10.2 Å². The summed E-state index contributed by atoms with van der Waals surface area (Å²) in [6.45, 7) is 0. The van der Waals surface area contributed by atoms with Crippen molar-refractivity contribution in [2.45, 2.75) is 0 Å². The second-order valence-electron chi connectivity index (χ2n) is 3.74. The molecule has 0 fully saturated rings. The number of nitrogens with two attached hydrogens (primary N) is 1. The molecule has 0 unspecified atom stereocenters. The Hall–Kier alpha value is -2.05. The molecule has 0 aliphatic heterocycles. The van der Waals surface area contributed by atoms with Gasteiger partial charge in [0, 0.05) is 16.8 Å². The molecule has 8 heteroatoms. The molecule has 0 aliphatic rings. The highest BCUT2D eigenvalue weighted by molar-refractivity contribution is 6.31. The second-order valence-corrected chi connectivity index (χ2v) is 4.57. The minimum Gasteiger partial charge on any atom is -0.481 e. The summed E-state index contributed by atoms with van der Waals surface area (Å²) >= 11 is 11.6. The van der Waals surface area contributed by atoms with Crippen molar-refractivity contribution in [2.24, 2.45) is 0 Å². The lowest BCUT2D eigenvalue weighted by Gasteiger charge is -2.08. The van der Waals surface area contributed by atoms with Crippen LogP contribution >= 0.6 is 23.2 Å². The van der Waals surface area contributed by atoms with Crippen LogP contribution < -0.4 is 15.8 Å². The molecule has 3 N–H and O–H groups in total. The lowest BCUT2D eigenvalue weighted by atomic mass is 10.1. The van der Waals surface area contributed by atoms with Crippen molar-refractivity contribution in [1.29, 1.82) is 0 Å². The van der Waals surface area contributed by atoms with Gasteiger partial charge in [-0.15, -0.1) is 0 Å². The first-order valence-corrected chi connectivity index (χ1v) is 6.20. The number of rotatable bonds is 3. The van der Waals surface area contributed by atoms with Crippen molar-refractivity contribution < 1.29 is 9.53 Å². The van der Waals surface area contributed by atoms with Crippen LogP contribution in [-0.2, 0) is 0 Å². The topological polar surface area (TPSA) is 90.1 Å². The molecule has 0 atom stereocenters. The number of carbonyl (C=O) groups is 1. The van der Waals surface area contributed by atoms with Gasteiger partial charge >= 0.3 is 0 Å². The van der Waals surface area contributed by atoms with Crippen molar-refractivity contribution in [3.05, 3.63) is 40.0 Å². The molecule has 0 spiro atoms. The number of hydrogen-bond acceptors (Lipinski definition) is 5. The van der Waals surface area contributed by atoms with Crippen molar-refractivity contribution >= 4 is 40.7 Å². The number of carbonyl (C=O) groups excluding carboxylic acids is 1. The molecule has 0 aliphatic carbocycles. The maximum atomic E-state index is 12.1. The molecular weight excluding hydrogens is 303 g/mol. The molecule has 20 heavy (non-hydrogen) atoms. The molecule has 0 radical (unpaired) electrons. The summed E-state index contributed by atoms with van der Waals surface area (Å²) in [5, 5.41) is 3.02. The van der Waals surface area contributed by atoms with E-state index in [-0.39, 0.29) is 22.5 Å². The monoisotopic (exact) mass is 312 g/mol. The van der Waals surface area contributed by atoms with E-state index in [0.29, 0.717) is 10.7 Å². The van der Waals surface area contributed by atoms with E-state index in [1.807, 2.05) is 0 Å². The minimum atomic E-state index is -0.491. The number of aromatic nitrogens is 2. The summed E-state index contributed by atoms with van der Waals surface area (Å²) in [5.41, 5.74) is 6.23. The van der Waals surface area contributed by atoms with Crippen LogP contribution in [0.3, 0.4) is 0 Å². The van der Waals surface area contributed by atoms with E-state index in [2.05, 4.69) is 15.3 Å². The summed E-state index contributed by atoms with van der Waals surface area (Å²) in [6.07, 6.45) is 0. The van der Waals surface area contributed by atoms with E-state index in [1.165, 1.54) is 25.3 Å². The first-order valence-electron chi connectivity index (χ1n) is 5.44. The Balaban J connectivity index is 2.27. The van der Waals surface area contributed by atoms with Crippen LogP contribution in [0.15, 0.2) is 24.3 Å². The van der Waals surface area contributed by atoms with Crippen LogP contribution in [0.25, 0.3) is 0 Å². The van der Waals surface area contributed by atoms with Gasteiger partial charge in [0.1, 0.15) is 5.15 Å². The molecule has 0 saturated heterocycles. The Morgan fingerprint density at radius 1 is 1.30 bits per heavy atom. The molecule has 0 saturated carbocycles. The van der Waals surface area contributed by atoms with Gasteiger partial charge < -0.3 is 10.5 Å². The highest BCUT2D eigenvalue weighted by Gasteiger charge is 2.13. The Morgan fingerprint density at radius 3 is 2.75 bits per heavy atom. The van der Waals surface area contributed by atoms with Crippen LogP contribution in [0, 0.1) is 0 Å². The van der Waals surface area contributed by atoms with Crippen molar-refractivity contribution in [3.63, 3.8) is 0 Å². The summed E-state index contributed by atoms with van der Waals surface area (Å²) in [6, 6.07) is 6.00. The number of nitrogens with zero attached hydrogens (tertiary/aromatic N) is 2. The minimum absolute atomic E-state index is 0.0127. The fraction of sp³-hybridized carbons (Fsp3) is 0.0833. The number of methoxy groups -OCH3 is 1. The standard InChI is InChI=1S/C12H10Cl2N4O2/c1-20-10-5-9(14)16-12(17-10)18-11(19)7-4-6(13)2-3-8(7)15/h2-5H,15H2,1H3,(H,16,17,18,19). The first-order chi connectivity index (χ1) is 9.49. The zero-order valence-corrected chi connectivity index (χ0v) is 11.9. The summed E-state index contributed by atoms with van der Waals surface area (Å²) in [7, 11) is 1.43. The van der Waals surface area contributed by atoms with Gasteiger partial charge in [0.15, 0.2) is 0 Å². The van der Waals surface area contributed by atoms with E-state index in [1.54, 1.807) is 6.07 Å². The average Bonchev–Trinajstić information content (AvgIpc) is 2.40. The molecule has 2 aromatic rings. The molecular formula is C12H10Cl2N4O2. The lowest BCUT2D eigenvalue weighted by Crippen LogP contribution is -2.16. The quantitative estimate of drug-likeness (QED) is 0.671. The van der Waals surface area contributed by atoms with Gasteiger partial charge in [0.25, 0.3) is 5.91 Å². The molecule has 104 valence electrons. The Labute approximate surface area is 124 Å². The van der Waals surface area contributed by atoms with Gasteiger partial charge in [0.05, 0.1) is 12.7 Å². The normalized spacial score (nSPS) is 10.2.